The number of nitrogens with one attached hydrogen (secondary N) is 1. The van der Waals surface area contributed by atoms with E-state index in [0.29, 0.717) is 10.8 Å². The number of ether oxygens (including phenoxy) is 2. The molecule has 21 heavy (non-hydrogen) atoms. The summed E-state index contributed by atoms with van der Waals surface area (Å²) in [5.74, 6) is 0.430. The quantitative estimate of drug-likeness (QED) is 0.734. The molecule has 0 aliphatic rings. The van der Waals surface area contributed by atoms with Crippen molar-refractivity contribution in [2.45, 2.75) is 26.1 Å². The molecule has 1 unspecified atom stereocenters. The number of alkyl halides is 3. The summed E-state index contributed by atoms with van der Waals surface area (Å²) in [5.41, 5.74) is 1.02. The minimum Gasteiger partial charge on any atom is -0.490 e. The van der Waals surface area contributed by atoms with E-state index < -0.39 is 12.8 Å². The Bertz CT molecular complexity index is 441. The highest BCUT2D eigenvalue weighted by Crippen LogP contribution is 2.27. The fraction of sp³-hybridized carbons (Fsp3) is 0.571. The van der Waals surface area contributed by atoms with Crippen molar-refractivity contribution in [3.8, 4) is 5.75 Å². The van der Waals surface area contributed by atoms with Crippen molar-refractivity contribution in [2.75, 3.05) is 26.4 Å². The van der Waals surface area contributed by atoms with E-state index in [9.17, 15) is 13.2 Å². The first kappa shape index (κ1) is 18.1. The van der Waals surface area contributed by atoms with Crippen molar-refractivity contribution in [3.05, 3.63) is 28.8 Å². The van der Waals surface area contributed by atoms with E-state index in [1.54, 1.807) is 12.1 Å². The van der Waals surface area contributed by atoms with Crippen molar-refractivity contribution >= 4 is 11.6 Å². The molecule has 0 aliphatic carbocycles. The van der Waals surface area contributed by atoms with Gasteiger partial charge in [-0.1, -0.05) is 24.6 Å². The summed E-state index contributed by atoms with van der Waals surface area (Å²) < 4.78 is 45.3. The normalized spacial score (nSPS) is 13.2. The van der Waals surface area contributed by atoms with Crippen molar-refractivity contribution < 1.29 is 22.6 Å². The molecular weight excluding hydrogens is 307 g/mol. The largest absolute Gasteiger partial charge is 0.490 e. The van der Waals surface area contributed by atoms with E-state index in [-0.39, 0.29) is 19.3 Å². The van der Waals surface area contributed by atoms with Crippen LogP contribution in [0.3, 0.4) is 0 Å². The Kier molecular flexibility index (Phi) is 7.28. The minimum atomic E-state index is -4.32. The van der Waals surface area contributed by atoms with Gasteiger partial charge in [-0.3, -0.25) is 0 Å². The van der Waals surface area contributed by atoms with Crippen LogP contribution in [0.2, 0.25) is 5.02 Å². The van der Waals surface area contributed by atoms with Crippen LogP contribution in [-0.2, 0) is 4.74 Å². The van der Waals surface area contributed by atoms with E-state index in [1.165, 1.54) is 0 Å². The maximum absolute atomic E-state index is 11.9. The standard InChI is InChI=1S/C14H19ClF3NO2/c1-3-19-10(2)11-4-5-13(12(15)8-11)21-7-6-20-9-14(16,17)18/h4-5,8,10,19H,3,6-7,9H2,1-2H3. The van der Waals surface area contributed by atoms with Gasteiger partial charge in [-0.05, 0) is 31.2 Å². The van der Waals surface area contributed by atoms with E-state index in [1.807, 2.05) is 19.9 Å². The van der Waals surface area contributed by atoms with Gasteiger partial charge in [0, 0.05) is 6.04 Å². The van der Waals surface area contributed by atoms with Crippen LogP contribution < -0.4 is 10.1 Å². The highest BCUT2D eigenvalue weighted by atomic mass is 35.5. The van der Waals surface area contributed by atoms with Gasteiger partial charge in [0.05, 0.1) is 11.6 Å². The van der Waals surface area contributed by atoms with Gasteiger partial charge in [0.1, 0.15) is 19.0 Å². The topological polar surface area (TPSA) is 30.5 Å². The average molecular weight is 326 g/mol. The van der Waals surface area contributed by atoms with Crippen LogP contribution in [0, 0.1) is 0 Å². The Morgan fingerprint density at radius 1 is 1.29 bits per heavy atom. The maximum Gasteiger partial charge on any atom is 0.411 e. The van der Waals surface area contributed by atoms with Crippen molar-refractivity contribution in [2.24, 2.45) is 0 Å². The van der Waals surface area contributed by atoms with Gasteiger partial charge in [0.2, 0.25) is 0 Å². The fourth-order valence-electron chi connectivity index (χ4n) is 1.73. The molecule has 1 aromatic rings. The van der Waals surface area contributed by atoms with Crippen LogP contribution >= 0.6 is 11.6 Å². The van der Waals surface area contributed by atoms with Gasteiger partial charge in [-0.15, -0.1) is 0 Å². The van der Waals surface area contributed by atoms with Gasteiger partial charge >= 0.3 is 6.18 Å². The van der Waals surface area contributed by atoms with Crippen molar-refractivity contribution in [3.63, 3.8) is 0 Å². The third-order valence-electron chi connectivity index (χ3n) is 2.72. The third kappa shape index (κ3) is 7.02. The molecule has 7 heteroatoms. The molecule has 0 saturated carbocycles. The minimum absolute atomic E-state index is 0.0118. The van der Waals surface area contributed by atoms with Crippen molar-refractivity contribution in [1.82, 2.24) is 5.32 Å². The van der Waals surface area contributed by atoms with Crippen LogP contribution in [0.5, 0.6) is 5.75 Å². The van der Waals surface area contributed by atoms with E-state index >= 15 is 0 Å². The monoisotopic (exact) mass is 325 g/mol. The third-order valence-corrected chi connectivity index (χ3v) is 3.01. The fourth-order valence-corrected chi connectivity index (χ4v) is 1.97. The predicted octanol–water partition coefficient (Wildman–Crippen LogP) is 3.97. The lowest BCUT2D eigenvalue weighted by Crippen LogP contribution is -2.19. The number of hydrogen-bond acceptors (Lipinski definition) is 3. The Balaban J connectivity index is 2.42. The van der Waals surface area contributed by atoms with E-state index in [0.717, 1.165) is 12.1 Å². The zero-order valence-corrected chi connectivity index (χ0v) is 12.7. The summed E-state index contributed by atoms with van der Waals surface area (Å²) in [7, 11) is 0. The van der Waals surface area contributed by atoms with Gasteiger partial charge in [-0.2, -0.15) is 13.2 Å². The lowest BCUT2D eigenvalue weighted by molar-refractivity contribution is -0.175. The molecule has 0 amide bonds. The second-order valence-electron chi connectivity index (χ2n) is 4.49. The predicted molar refractivity (Wildman–Crippen MR) is 75.9 cm³/mol. The summed E-state index contributed by atoms with van der Waals surface area (Å²) in [4.78, 5) is 0. The van der Waals surface area contributed by atoms with Crippen LogP contribution in [0.4, 0.5) is 13.2 Å². The Hall–Kier alpha value is -0.980. The van der Waals surface area contributed by atoms with Crippen LogP contribution in [-0.4, -0.2) is 32.5 Å². The molecule has 1 N–H and O–H groups in total. The first-order valence-corrected chi connectivity index (χ1v) is 7.01. The molecule has 120 valence electrons. The lowest BCUT2D eigenvalue weighted by atomic mass is 10.1. The van der Waals surface area contributed by atoms with Gasteiger partial charge in [-0.25, -0.2) is 0 Å². The van der Waals surface area contributed by atoms with Crippen LogP contribution in [0.1, 0.15) is 25.5 Å². The Morgan fingerprint density at radius 2 is 2.00 bits per heavy atom. The molecule has 3 nitrogen and oxygen atoms in total. The Labute approximate surface area is 127 Å². The maximum atomic E-state index is 11.9. The molecular formula is C14H19ClF3NO2. The van der Waals surface area contributed by atoms with E-state index in [2.05, 4.69) is 10.1 Å². The molecule has 0 heterocycles. The summed E-state index contributed by atoms with van der Waals surface area (Å²) in [6.45, 7) is 3.46. The summed E-state index contributed by atoms with van der Waals surface area (Å²) in [6.07, 6.45) is -4.32. The molecule has 0 bridgehead atoms. The molecule has 1 atom stereocenters. The molecule has 0 radical (unpaired) electrons. The number of rotatable bonds is 8. The van der Waals surface area contributed by atoms with Crippen LogP contribution in [0.25, 0.3) is 0 Å². The molecule has 0 saturated heterocycles. The van der Waals surface area contributed by atoms with Gasteiger partial charge in [0.15, 0.2) is 0 Å². The number of halogens is 4. The number of hydrogen-bond donors (Lipinski definition) is 1. The first-order chi connectivity index (χ1) is 9.83. The molecule has 1 rings (SSSR count). The molecule has 0 fully saturated rings. The van der Waals surface area contributed by atoms with Gasteiger partial charge in [0.25, 0.3) is 0 Å². The zero-order valence-electron chi connectivity index (χ0n) is 12.0. The summed E-state index contributed by atoms with van der Waals surface area (Å²) >= 11 is 6.09. The highest BCUT2D eigenvalue weighted by molar-refractivity contribution is 6.32. The zero-order chi connectivity index (χ0) is 15.9. The highest BCUT2D eigenvalue weighted by Gasteiger charge is 2.27. The molecule has 0 aliphatic heterocycles. The average Bonchev–Trinajstić information content (AvgIpc) is 2.39. The SMILES string of the molecule is CCNC(C)c1ccc(OCCOCC(F)(F)F)c(Cl)c1. The molecule has 0 spiro atoms. The molecule has 0 aromatic heterocycles. The van der Waals surface area contributed by atoms with Crippen LogP contribution in [0.15, 0.2) is 18.2 Å². The first-order valence-electron chi connectivity index (χ1n) is 6.63. The van der Waals surface area contributed by atoms with Crippen molar-refractivity contribution in [1.29, 1.82) is 0 Å². The lowest BCUT2D eigenvalue weighted by Gasteiger charge is -2.15. The second kappa shape index (κ2) is 8.46. The number of benzene rings is 1. The second-order valence-corrected chi connectivity index (χ2v) is 4.89. The smallest absolute Gasteiger partial charge is 0.411 e. The summed E-state index contributed by atoms with van der Waals surface area (Å²) in [5, 5.41) is 3.68. The molecule has 1 aromatic carbocycles. The Morgan fingerprint density at radius 3 is 2.57 bits per heavy atom. The summed E-state index contributed by atoms with van der Waals surface area (Å²) in [6, 6.07) is 5.51. The van der Waals surface area contributed by atoms with E-state index in [4.69, 9.17) is 16.3 Å². The van der Waals surface area contributed by atoms with Gasteiger partial charge < -0.3 is 14.8 Å².